The molecule has 0 aromatic heterocycles. The summed E-state index contributed by atoms with van der Waals surface area (Å²) >= 11 is 0. The summed E-state index contributed by atoms with van der Waals surface area (Å²) in [6.45, 7) is 6.83. The van der Waals surface area contributed by atoms with E-state index in [0.717, 1.165) is 19.3 Å². The smallest absolute Gasteiger partial charge is 0.264 e. The van der Waals surface area contributed by atoms with Gasteiger partial charge in [-0.25, -0.2) is 8.42 Å². The van der Waals surface area contributed by atoms with E-state index in [9.17, 15) is 13.2 Å². The van der Waals surface area contributed by atoms with E-state index in [1.807, 2.05) is 24.8 Å². The Kier molecular flexibility index (Phi) is 7.63. The van der Waals surface area contributed by atoms with Crippen molar-refractivity contribution in [1.82, 2.24) is 4.90 Å². The molecule has 0 saturated carbocycles. The number of amides is 1. The molecular weight excluding hydrogens is 372 g/mol. The molecular formula is C22H30N2O3S. The van der Waals surface area contributed by atoms with E-state index in [0.29, 0.717) is 17.8 Å². The van der Waals surface area contributed by atoms with Crippen molar-refractivity contribution < 1.29 is 13.2 Å². The highest BCUT2D eigenvalue weighted by Crippen LogP contribution is 2.23. The topological polar surface area (TPSA) is 57.7 Å². The van der Waals surface area contributed by atoms with Gasteiger partial charge >= 0.3 is 0 Å². The lowest BCUT2D eigenvalue weighted by Crippen LogP contribution is -2.39. The summed E-state index contributed by atoms with van der Waals surface area (Å²) < 4.78 is 27.3. The quantitative estimate of drug-likeness (QED) is 0.618. The first kappa shape index (κ1) is 22.0. The zero-order chi connectivity index (χ0) is 20.7. The van der Waals surface area contributed by atoms with Gasteiger partial charge in [-0.2, -0.15) is 0 Å². The van der Waals surface area contributed by atoms with Crippen LogP contribution in [-0.4, -0.2) is 38.9 Å². The molecule has 28 heavy (non-hydrogen) atoms. The lowest BCUT2D eigenvalue weighted by Gasteiger charge is -2.29. The Morgan fingerprint density at radius 3 is 2.32 bits per heavy atom. The fraction of sp³-hybridized carbons (Fsp3) is 0.409. The van der Waals surface area contributed by atoms with Crippen molar-refractivity contribution >= 4 is 21.6 Å². The first-order chi connectivity index (χ1) is 13.3. The molecule has 2 aromatic carbocycles. The van der Waals surface area contributed by atoms with E-state index in [-0.39, 0.29) is 16.8 Å². The molecule has 0 aliphatic carbocycles. The van der Waals surface area contributed by atoms with E-state index in [2.05, 4.69) is 6.92 Å². The van der Waals surface area contributed by atoms with Crippen molar-refractivity contribution in [1.29, 1.82) is 0 Å². The van der Waals surface area contributed by atoms with Crippen LogP contribution in [0, 0.1) is 0 Å². The van der Waals surface area contributed by atoms with Gasteiger partial charge in [0.2, 0.25) is 0 Å². The van der Waals surface area contributed by atoms with E-state index >= 15 is 0 Å². The number of carbonyl (C=O) groups excluding carboxylic acids is 1. The Hall–Kier alpha value is -2.34. The van der Waals surface area contributed by atoms with Crippen LogP contribution >= 0.6 is 0 Å². The number of rotatable bonds is 9. The summed E-state index contributed by atoms with van der Waals surface area (Å²) in [6.07, 6.45) is 2.77. The number of benzene rings is 2. The summed E-state index contributed by atoms with van der Waals surface area (Å²) in [5.74, 6) is -0.123. The van der Waals surface area contributed by atoms with Gasteiger partial charge in [-0.15, -0.1) is 0 Å². The van der Waals surface area contributed by atoms with Crippen LogP contribution in [-0.2, 0) is 10.0 Å². The number of nitrogens with zero attached hydrogens (tertiary/aromatic N) is 2. The molecule has 0 radical (unpaired) electrons. The van der Waals surface area contributed by atoms with Gasteiger partial charge in [-0.1, -0.05) is 44.5 Å². The zero-order valence-electron chi connectivity index (χ0n) is 17.1. The standard InChI is InChI=1S/C22H30N2O3S/c1-5-7-16-24(18(3)6-2)22(25)19-12-11-15-21(17-19)28(26,27)23(4)20-13-9-8-10-14-20/h8-15,17-18H,5-7,16H2,1-4H3. The molecule has 152 valence electrons. The van der Waals surface area contributed by atoms with Crippen LogP contribution in [0.3, 0.4) is 0 Å². The highest BCUT2D eigenvalue weighted by molar-refractivity contribution is 7.92. The molecule has 0 N–H and O–H groups in total. The predicted octanol–water partition coefficient (Wildman–Crippen LogP) is 4.55. The first-order valence-corrected chi connectivity index (χ1v) is 11.2. The van der Waals surface area contributed by atoms with Crippen molar-refractivity contribution in [2.24, 2.45) is 0 Å². The third-order valence-electron chi connectivity index (χ3n) is 5.00. The lowest BCUT2D eigenvalue weighted by atomic mass is 10.1. The number of sulfonamides is 1. The van der Waals surface area contributed by atoms with E-state index in [1.165, 1.54) is 23.5 Å². The Morgan fingerprint density at radius 2 is 1.71 bits per heavy atom. The Balaban J connectivity index is 2.35. The summed E-state index contributed by atoms with van der Waals surface area (Å²) in [7, 11) is -2.23. The first-order valence-electron chi connectivity index (χ1n) is 9.77. The van der Waals surface area contributed by atoms with Gasteiger partial charge in [0, 0.05) is 25.2 Å². The van der Waals surface area contributed by atoms with E-state index in [4.69, 9.17) is 0 Å². The molecule has 1 amide bonds. The van der Waals surface area contributed by atoms with Gasteiger partial charge < -0.3 is 4.90 Å². The van der Waals surface area contributed by atoms with Crippen LogP contribution in [0.2, 0.25) is 0 Å². The van der Waals surface area contributed by atoms with Crippen LogP contribution in [0.25, 0.3) is 0 Å². The minimum Gasteiger partial charge on any atom is -0.336 e. The Labute approximate surface area is 169 Å². The molecule has 0 spiro atoms. The second-order valence-electron chi connectivity index (χ2n) is 6.95. The maximum atomic E-state index is 13.1. The molecule has 0 heterocycles. The molecule has 0 bridgehead atoms. The number of para-hydroxylation sites is 1. The van der Waals surface area contributed by atoms with Crippen molar-refractivity contribution in [3.63, 3.8) is 0 Å². The van der Waals surface area contributed by atoms with Crippen LogP contribution in [0.5, 0.6) is 0 Å². The number of anilines is 1. The fourth-order valence-electron chi connectivity index (χ4n) is 2.96. The maximum Gasteiger partial charge on any atom is 0.264 e. The van der Waals surface area contributed by atoms with Crippen LogP contribution in [0.1, 0.15) is 50.4 Å². The third-order valence-corrected chi connectivity index (χ3v) is 6.78. The van der Waals surface area contributed by atoms with Crippen molar-refractivity contribution in [3.8, 4) is 0 Å². The zero-order valence-corrected chi connectivity index (χ0v) is 17.9. The van der Waals surface area contributed by atoms with Gasteiger partial charge in [0.05, 0.1) is 10.6 Å². The maximum absolute atomic E-state index is 13.1. The third kappa shape index (κ3) is 4.93. The molecule has 2 aromatic rings. The molecule has 0 aliphatic heterocycles. The van der Waals surface area contributed by atoms with Gasteiger partial charge in [0.15, 0.2) is 0 Å². The predicted molar refractivity (Wildman–Crippen MR) is 114 cm³/mol. The summed E-state index contributed by atoms with van der Waals surface area (Å²) in [4.78, 5) is 15.0. The van der Waals surface area contributed by atoms with Gasteiger partial charge in [0.1, 0.15) is 0 Å². The average molecular weight is 403 g/mol. The van der Waals surface area contributed by atoms with Gasteiger partial charge in [-0.3, -0.25) is 9.10 Å². The molecule has 1 unspecified atom stereocenters. The van der Waals surface area contributed by atoms with Crippen molar-refractivity contribution in [2.75, 3.05) is 17.9 Å². The van der Waals surface area contributed by atoms with Crippen LogP contribution in [0.4, 0.5) is 5.69 Å². The summed E-state index contributed by atoms with van der Waals surface area (Å²) in [6, 6.07) is 15.3. The van der Waals surface area contributed by atoms with Gasteiger partial charge in [-0.05, 0) is 50.1 Å². The van der Waals surface area contributed by atoms with Crippen molar-refractivity contribution in [2.45, 2.75) is 51.0 Å². The normalized spacial score (nSPS) is 12.4. The lowest BCUT2D eigenvalue weighted by molar-refractivity contribution is 0.0685. The molecule has 5 nitrogen and oxygen atoms in total. The highest BCUT2D eigenvalue weighted by atomic mass is 32.2. The molecule has 0 saturated heterocycles. The summed E-state index contributed by atoms with van der Waals surface area (Å²) in [5.41, 5.74) is 0.974. The molecule has 0 fully saturated rings. The second kappa shape index (κ2) is 9.73. The average Bonchev–Trinajstić information content (AvgIpc) is 2.73. The van der Waals surface area contributed by atoms with E-state index in [1.54, 1.807) is 36.4 Å². The molecule has 2 rings (SSSR count). The van der Waals surface area contributed by atoms with Crippen LogP contribution in [0.15, 0.2) is 59.5 Å². The van der Waals surface area contributed by atoms with Crippen molar-refractivity contribution in [3.05, 3.63) is 60.2 Å². The largest absolute Gasteiger partial charge is 0.336 e. The minimum atomic E-state index is -3.75. The fourth-order valence-corrected chi connectivity index (χ4v) is 4.20. The Bertz CT molecular complexity index is 882. The van der Waals surface area contributed by atoms with Gasteiger partial charge in [0.25, 0.3) is 15.9 Å². The minimum absolute atomic E-state index is 0.103. The monoisotopic (exact) mass is 402 g/mol. The molecule has 0 aliphatic rings. The van der Waals surface area contributed by atoms with E-state index < -0.39 is 10.0 Å². The number of unbranched alkanes of at least 4 members (excludes halogenated alkanes) is 1. The Morgan fingerprint density at radius 1 is 1.04 bits per heavy atom. The van der Waals surface area contributed by atoms with Crippen LogP contribution < -0.4 is 4.31 Å². The molecule has 6 heteroatoms. The second-order valence-corrected chi connectivity index (χ2v) is 8.91. The highest BCUT2D eigenvalue weighted by Gasteiger charge is 2.25. The number of hydrogen-bond acceptors (Lipinski definition) is 3. The SMILES string of the molecule is CCCCN(C(=O)c1cccc(S(=O)(=O)N(C)c2ccccc2)c1)C(C)CC. The number of hydrogen-bond donors (Lipinski definition) is 0. The number of carbonyl (C=O) groups is 1. The summed E-state index contributed by atoms with van der Waals surface area (Å²) in [5, 5.41) is 0. The molecule has 1 atom stereocenters.